The van der Waals surface area contributed by atoms with E-state index < -0.39 is 44.5 Å². The quantitative estimate of drug-likeness (QED) is 0.614. The minimum Gasteiger partial charge on any atom is -0.458 e. The van der Waals surface area contributed by atoms with E-state index in [1.165, 1.54) is 24.3 Å². The molecule has 0 bridgehead atoms. The summed E-state index contributed by atoms with van der Waals surface area (Å²) in [5.74, 6) is -7.67. The van der Waals surface area contributed by atoms with Crippen molar-refractivity contribution in [3.05, 3.63) is 58.9 Å². The minimum atomic E-state index is -5.21. The van der Waals surface area contributed by atoms with Gasteiger partial charge in [0.15, 0.2) is 5.69 Å². The molecule has 0 unspecified atom stereocenters. The SMILES string of the molecule is [C-]#[N+]c1cccc(Oc2ccc(S(=O)(=O)C(F)F)c3c2CC(F)(F)[C@H]3O)c1. The molecular formula is C17H11F4NO4S. The third-order valence-electron chi connectivity index (χ3n) is 4.08. The Kier molecular flexibility index (Phi) is 4.61. The Bertz CT molecular complexity index is 1050. The van der Waals surface area contributed by atoms with Gasteiger partial charge in [0.1, 0.15) is 17.6 Å². The Morgan fingerprint density at radius 1 is 1.26 bits per heavy atom. The highest BCUT2D eigenvalue weighted by Crippen LogP contribution is 2.50. The van der Waals surface area contributed by atoms with Crippen LogP contribution >= 0.6 is 0 Å². The number of nitrogens with zero attached hydrogens (tertiary/aromatic N) is 1. The van der Waals surface area contributed by atoms with Crippen LogP contribution < -0.4 is 4.74 Å². The molecule has 142 valence electrons. The molecule has 3 rings (SSSR count). The van der Waals surface area contributed by atoms with E-state index in [0.717, 1.165) is 6.07 Å². The first kappa shape index (κ1) is 19.1. The Labute approximate surface area is 151 Å². The van der Waals surface area contributed by atoms with Crippen LogP contribution in [0.1, 0.15) is 17.2 Å². The maximum atomic E-state index is 14.0. The van der Waals surface area contributed by atoms with Crippen LogP contribution in [0.5, 0.6) is 11.5 Å². The fourth-order valence-corrected chi connectivity index (χ4v) is 3.82. The molecule has 0 radical (unpaired) electrons. The standard InChI is InChI=1S/C17H11F4NO4S/c1-22-9-3-2-4-10(7-9)26-12-5-6-13(27(24,25)16(18)19)14-11(12)8-17(20,21)15(14)23/h2-7,15-16,23H,8H2/t15-/m0/s1. The topological polar surface area (TPSA) is 68.0 Å². The zero-order chi connectivity index (χ0) is 20.0. The molecule has 0 fully saturated rings. The molecular weight excluding hydrogens is 390 g/mol. The Morgan fingerprint density at radius 2 is 1.96 bits per heavy atom. The second-order valence-corrected chi connectivity index (χ2v) is 7.70. The van der Waals surface area contributed by atoms with Crippen LogP contribution in [0, 0.1) is 6.57 Å². The zero-order valence-corrected chi connectivity index (χ0v) is 14.2. The van der Waals surface area contributed by atoms with Gasteiger partial charge in [-0.05, 0) is 24.3 Å². The number of aliphatic hydroxyl groups is 1. The van der Waals surface area contributed by atoms with Gasteiger partial charge in [-0.15, -0.1) is 0 Å². The van der Waals surface area contributed by atoms with Crippen LogP contribution in [0.2, 0.25) is 0 Å². The van der Waals surface area contributed by atoms with Crippen LogP contribution in [-0.4, -0.2) is 25.2 Å². The fourth-order valence-electron chi connectivity index (χ4n) is 2.83. The van der Waals surface area contributed by atoms with Gasteiger partial charge in [0.2, 0.25) is 9.84 Å². The van der Waals surface area contributed by atoms with E-state index in [1.54, 1.807) is 0 Å². The number of hydrogen-bond donors (Lipinski definition) is 1. The fraction of sp³-hybridized carbons (Fsp3) is 0.235. The number of halogens is 4. The van der Waals surface area contributed by atoms with Crippen molar-refractivity contribution in [3.8, 4) is 11.5 Å². The molecule has 0 saturated heterocycles. The predicted molar refractivity (Wildman–Crippen MR) is 86.0 cm³/mol. The largest absolute Gasteiger partial charge is 0.458 e. The highest BCUT2D eigenvalue weighted by Gasteiger charge is 2.51. The van der Waals surface area contributed by atoms with Crippen LogP contribution in [0.15, 0.2) is 41.3 Å². The van der Waals surface area contributed by atoms with Gasteiger partial charge in [-0.1, -0.05) is 12.1 Å². The number of rotatable bonds is 4. The number of fused-ring (bicyclic) bond motifs is 1. The lowest BCUT2D eigenvalue weighted by molar-refractivity contribution is -0.0976. The third-order valence-corrected chi connectivity index (χ3v) is 5.51. The summed E-state index contributed by atoms with van der Waals surface area (Å²) in [5, 5.41) is 9.85. The van der Waals surface area contributed by atoms with Gasteiger partial charge >= 0.3 is 5.76 Å². The van der Waals surface area contributed by atoms with Gasteiger partial charge < -0.3 is 9.84 Å². The average molecular weight is 401 g/mol. The number of benzene rings is 2. The van der Waals surface area contributed by atoms with E-state index in [1.807, 2.05) is 0 Å². The second kappa shape index (κ2) is 6.51. The number of alkyl halides is 4. The maximum absolute atomic E-state index is 14.0. The Balaban J connectivity index is 2.15. The normalized spacial score (nSPS) is 18.2. The van der Waals surface area contributed by atoms with Crippen molar-refractivity contribution in [1.82, 2.24) is 0 Å². The molecule has 0 amide bonds. The van der Waals surface area contributed by atoms with Gasteiger partial charge in [0, 0.05) is 17.5 Å². The van der Waals surface area contributed by atoms with E-state index in [-0.39, 0.29) is 22.7 Å². The molecule has 27 heavy (non-hydrogen) atoms. The first-order chi connectivity index (χ1) is 12.6. The molecule has 0 heterocycles. The number of aliphatic hydroxyl groups excluding tert-OH is 1. The summed E-state index contributed by atoms with van der Waals surface area (Å²) in [5.41, 5.74) is -0.951. The van der Waals surface area contributed by atoms with E-state index in [9.17, 15) is 31.1 Å². The lowest BCUT2D eigenvalue weighted by atomic mass is 10.1. The first-order valence-electron chi connectivity index (χ1n) is 7.47. The van der Waals surface area contributed by atoms with Crippen molar-refractivity contribution < 1.29 is 35.8 Å². The van der Waals surface area contributed by atoms with Crippen molar-refractivity contribution in [2.75, 3.05) is 0 Å². The van der Waals surface area contributed by atoms with Crippen LogP contribution in [-0.2, 0) is 16.3 Å². The van der Waals surface area contributed by atoms with Gasteiger partial charge in [0.25, 0.3) is 5.92 Å². The van der Waals surface area contributed by atoms with E-state index in [0.29, 0.717) is 6.07 Å². The van der Waals surface area contributed by atoms with Crippen LogP contribution in [0.4, 0.5) is 23.2 Å². The van der Waals surface area contributed by atoms with Crippen LogP contribution in [0.25, 0.3) is 4.85 Å². The molecule has 2 aromatic carbocycles. The lowest BCUT2D eigenvalue weighted by Gasteiger charge is -2.16. The molecule has 1 aliphatic carbocycles. The summed E-state index contributed by atoms with van der Waals surface area (Å²) in [4.78, 5) is 2.14. The van der Waals surface area contributed by atoms with Crippen molar-refractivity contribution in [2.24, 2.45) is 0 Å². The molecule has 0 saturated carbocycles. The molecule has 10 heteroatoms. The first-order valence-corrected chi connectivity index (χ1v) is 9.01. The van der Waals surface area contributed by atoms with Crippen molar-refractivity contribution >= 4 is 15.5 Å². The van der Waals surface area contributed by atoms with Gasteiger partial charge in [-0.2, -0.15) is 8.78 Å². The van der Waals surface area contributed by atoms with E-state index in [4.69, 9.17) is 11.3 Å². The molecule has 1 aliphatic rings. The van der Waals surface area contributed by atoms with Gasteiger partial charge in [0.05, 0.1) is 11.5 Å². The van der Waals surface area contributed by atoms with Crippen LogP contribution in [0.3, 0.4) is 0 Å². The summed E-state index contributed by atoms with van der Waals surface area (Å²) < 4.78 is 82.9. The molecule has 2 aromatic rings. The minimum absolute atomic E-state index is 0.111. The van der Waals surface area contributed by atoms with Crippen molar-refractivity contribution in [1.29, 1.82) is 0 Å². The summed E-state index contributed by atoms with van der Waals surface area (Å²) in [7, 11) is -5.21. The summed E-state index contributed by atoms with van der Waals surface area (Å²) in [6.45, 7) is 6.96. The molecule has 5 nitrogen and oxygen atoms in total. The van der Waals surface area contributed by atoms with Crippen molar-refractivity contribution in [2.45, 2.75) is 29.1 Å². The summed E-state index contributed by atoms with van der Waals surface area (Å²) in [6.07, 6.45) is -3.64. The Morgan fingerprint density at radius 3 is 2.59 bits per heavy atom. The number of hydrogen-bond acceptors (Lipinski definition) is 4. The summed E-state index contributed by atoms with van der Waals surface area (Å²) in [6, 6.07) is 7.43. The van der Waals surface area contributed by atoms with Crippen molar-refractivity contribution in [3.63, 3.8) is 0 Å². The highest BCUT2D eigenvalue weighted by atomic mass is 32.2. The molecule has 1 atom stereocenters. The number of sulfone groups is 1. The summed E-state index contributed by atoms with van der Waals surface area (Å²) >= 11 is 0. The van der Waals surface area contributed by atoms with Gasteiger partial charge in [-0.25, -0.2) is 22.0 Å². The second-order valence-electron chi connectivity index (χ2n) is 5.81. The smallest absolute Gasteiger partial charge is 0.341 e. The monoisotopic (exact) mass is 401 g/mol. The third kappa shape index (κ3) is 3.24. The zero-order valence-electron chi connectivity index (χ0n) is 13.4. The maximum Gasteiger partial charge on any atom is 0.341 e. The van der Waals surface area contributed by atoms with E-state index in [2.05, 4.69) is 4.85 Å². The molecule has 1 N–H and O–H groups in total. The van der Waals surface area contributed by atoms with Gasteiger partial charge in [-0.3, -0.25) is 0 Å². The van der Waals surface area contributed by atoms with E-state index >= 15 is 0 Å². The molecule has 0 aliphatic heterocycles. The predicted octanol–water partition coefficient (Wildman–Crippen LogP) is 4.25. The average Bonchev–Trinajstić information content (AvgIpc) is 2.85. The molecule has 0 aromatic heterocycles. The molecule has 0 spiro atoms. The lowest BCUT2D eigenvalue weighted by Crippen LogP contribution is -2.23. The highest BCUT2D eigenvalue weighted by molar-refractivity contribution is 7.91. The Hall–Kier alpha value is -2.64. The number of ether oxygens (including phenoxy) is 1.